The van der Waals surface area contributed by atoms with Crippen molar-refractivity contribution in [2.45, 2.75) is 4.90 Å². The number of methoxy groups -OCH3 is 2. The summed E-state index contributed by atoms with van der Waals surface area (Å²) in [6.45, 7) is 2.81. The fourth-order valence-electron chi connectivity index (χ4n) is 2.67. The summed E-state index contributed by atoms with van der Waals surface area (Å²) in [5.74, 6) is 0.421. The average Bonchev–Trinajstić information content (AvgIpc) is 2.61. The lowest BCUT2D eigenvalue weighted by Gasteiger charge is -2.31. The Morgan fingerprint density at radius 3 is 2.44 bits per heavy atom. The van der Waals surface area contributed by atoms with Gasteiger partial charge in [0.1, 0.15) is 16.4 Å². The molecule has 0 aliphatic carbocycles. The fraction of sp³-hybridized carbons (Fsp3) is 0.562. The number of quaternary nitrogens is 1. The maximum absolute atomic E-state index is 12.9. The molecule has 1 aliphatic heterocycles. The Hall–Kier alpha value is -1.84. The molecule has 1 heterocycles. The fourth-order valence-corrected chi connectivity index (χ4v) is 3.95. The van der Waals surface area contributed by atoms with Crippen molar-refractivity contribution in [1.82, 2.24) is 9.21 Å². The van der Waals surface area contributed by atoms with E-state index >= 15 is 0 Å². The molecule has 0 spiro atoms. The van der Waals surface area contributed by atoms with Gasteiger partial charge < -0.3 is 19.3 Å². The van der Waals surface area contributed by atoms with Crippen molar-refractivity contribution >= 4 is 15.9 Å². The Morgan fingerprint density at radius 1 is 1.24 bits per heavy atom. The van der Waals surface area contributed by atoms with Gasteiger partial charge in [-0.3, -0.25) is 4.79 Å². The van der Waals surface area contributed by atoms with Crippen LogP contribution in [0.5, 0.6) is 11.5 Å². The molecule has 1 amide bonds. The highest BCUT2D eigenvalue weighted by Gasteiger charge is 2.29. The highest BCUT2D eigenvalue weighted by Crippen LogP contribution is 2.30. The number of piperazine rings is 1. The van der Waals surface area contributed by atoms with Crippen molar-refractivity contribution in [3.63, 3.8) is 0 Å². The summed E-state index contributed by atoms with van der Waals surface area (Å²) in [6.07, 6.45) is 0. The van der Waals surface area contributed by atoms with Crippen molar-refractivity contribution in [1.29, 1.82) is 0 Å². The first-order valence-electron chi connectivity index (χ1n) is 8.07. The molecule has 1 N–H and O–H groups in total. The number of rotatable bonds is 6. The van der Waals surface area contributed by atoms with Gasteiger partial charge in [0.15, 0.2) is 0 Å². The molecule has 0 atom stereocenters. The molecule has 1 aromatic rings. The Labute approximate surface area is 149 Å². The van der Waals surface area contributed by atoms with E-state index in [1.165, 1.54) is 38.3 Å². The van der Waals surface area contributed by atoms with Crippen molar-refractivity contribution in [2.75, 3.05) is 61.0 Å². The van der Waals surface area contributed by atoms with E-state index in [1.54, 1.807) is 11.0 Å². The minimum atomic E-state index is -3.88. The van der Waals surface area contributed by atoms with Gasteiger partial charge in [0.2, 0.25) is 15.9 Å². The van der Waals surface area contributed by atoms with Crippen molar-refractivity contribution in [2.24, 2.45) is 0 Å². The summed E-state index contributed by atoms with van der Waals surface area (Å²) in [6, 6.07) is 4.55. The number of ether oxygens (including phenoxy) is 2. The molecule has 2 rings (SSSR count). The smallest absolute Gasteiger partial charge is 0.247 e. The summed E-state index contributed by atoms with van der Waals surface area (Å²) in [5, 5.41) is 0. The number of hydrogen-bond acceptors (Lipinski definition) is 5. The van der Waals surface area contributed by atoms with Crippen LogP contribution in [0.25, 0.3) is 0 Å². The van der Waals surface area contributed by atoms with E-state index in [-0.39, 0.29) is 23.1 Å². The third-order valence-corrected chi connectivity index (χ3v) is 6.21. The maximum Gasteiger partial charge on any atom is 0.247 e. The van der Waals surface area contributed by atoms with Gasteiger partial charge in [0.25, 0.3) is 0 Å². The molecular formula is C16H26N3O5S+. The number of nitrogens with one attached hydrogen (secondary N) is 1. The lowest BCUT2D eigenvalue weighted by atomic mass is 10.3. The third-order valence-electron chi connectivity index (χ3n) is 4.39. The molecule has 1 fully saturated rings. The molecule has 0 bridgehead atoms. The number of benzene rings is 1. The van der Waals surface area contributed by atoms with E-state index in [0.717, 1.165) is 17.4 Å². The molecule has 1 aromatic carbocycles. The standard InChI is InChI=1S/C16H25N3O5S/c1-17-7-9-19(10-8-17)16(20)12-18(2)25(21,22)15-11-13(23-3)5-6-14(15)24-4/h5-6,11H,7-10,12H2,1-4H3/p+1. The van der Waals surface area contributed by atoms with Crippen LogP contribution in [0, 0.1) is 0 Å². The van der Waals surface area contributed by atoms with Crippen LogP contribution in [0.1, 0.15) is 0 Å². The molecular weight excluding hydrogens is 346 g/mol. The van der Waals surface area contributed by atoms with Gasteiger partial charge in [0.05, 0.1) is 54.0 Å². The van der Waals surface area contributed by atoms with Gasteiger partial charge >= 0.3 is 0 Å². The van der Waals surface area contributed by atoms with Crippen LogP contribution in [-0.4, -0.2) is 84.6 Å². The zero-order valence-electron chi connectivity index (χ0n) is 15.1. The van der Waals surface area contributed by atoms with E-state index in [2.05, 4.69) is 7.05 Å². The van der Waals surface area contributed by atoms with Crippen LogP contribution in [0.3, 0.4) is 0 Å². The molecule has 8 nitrogen and oxygen atoms in total. The summed E-state index contributed by atoms with van der Waals surface area (Å²) in [7, 11) is 2.45. The summed E-state index contributed by atoms with van der Waals surface area (Å²) >= 11 is 0. The lowest BCUT2D eigenvalue weighted by Crippen LogP contribution is -3.12. The second-order valence-corrected chi connectivity index (χ2v) is 8.13. The molecule has 1 saturated heterocycles. The normalized spacial score (nSPS) is 16.1. The summed E-state index contributed by atoms with van der Waals surface area (Å²) in [5.41, 5.74) is 0. The van der Waals surface area contributed by atoms with E-state index in [1.807, 2.05) is 0 Å². The number of amides is 1. The van der Waals surface area contributed by atoms with E-state index in [0.29, 0.717) is 18.8 Å². The average molecular weight is 372 g/mol. The predicted molar refractivity (Wildman–Crippen MR) is 92.6 cm³/mol. The largest absolute Gasteiger partial charge is 0.497 e. The minimum Gasteiger partial charge on any atom is -0.497 e. The molecule has 0 saturated carbocycles. The Balaban J connectivity index is 2.17. The number of carbonyl (C=O) groups is 1. The van der Waals surface area contributed by atoms with Gasteiger partial charge in [-0.25, -0.2) is 8.42 Å². The first-order chi connectivity index (χ1) is 11.8. The zero-order chi connectivity index (χ0) is 18.6. The predicted octanol–water partition coefficient (Wildman–Crippen LogP) is -1.32. The molecule has 140 valence electrons. The van der Waals surface area contributed by atoms with Gasteiger partial charge in [-0.2, -0.15) is 4.31 Å². The molecule has 9 heteroatoms. The Bertz CT molecular complexity index is 714. The number of nitrogens with zero attached hydrogens (tertiary/aromatic N) is 2. The summed E-state index contributed by atoms with van der Waals surface area (Å²) in [4.78, 5) is 15.5. The van der Waals surface area contributed by atoms with Crippen LogP contribution in [0.15, 0.2) is 23.1 Å². The molecule has 0 aromatic heterocycles. The van der Waals surface area contributed by atoms with Crippen LogP contribution >= 0.6 is 0 Å². The van der Waals surface area contributed by atoms with E-state index in [9.17, 15) is 13.2 Å². The number of sulfonamides is 1. The maximum atomic E-state index is 12.9. The van der Waals surface area contributed by atoms with Gasteiger partial charge in [-0.1, -0.05) is 0 Å². The lowest BCUT2D eigenvalue weighted by molar-refractivity contribution is -0.883. The second-order valence-electron chi connectivity index (χ2n) is 6.12. The topological polar surface area (TPSA) is 80.6 Å². The number of likely N-dealkylation sites (N-methyl/N-ethyl adjacent to an activating group) is 2. The highest BCUT2D eigenvalue weighted by molar-refractivity contribution is 7.89. The highest BCUT2D eigenvalue weighted by atomic mass is 32.2. The van der Waals surface area contributed by atoms with Gasteiger partial charge in [-0.05, 0) is 12.1 Å². The minimum absolute atomic E-state index is 0.0209. The first-order valence-corrected chi connectivity index (χ1v) is 9.51. The van der Waals surface area contributed by atoms with Crippen LogP contribution < -0.4 is 14.4 Å². The van der Waals surface area contributed by atoms with Crippen molar-refractivity contribution in [3.05, 3.63) is 18.2 Å². The second kappa shape index (κ2) is 8.03. The Morgan fingerprint density at radius 2 is 1.88 bits per heavy atom. The SMILES string of the molecule is COc1ccc(OC)c(S(=O)(=O)N(C)CC(=O)N2CC[NH+](C)CC2)c1. The zero-order valence-corrected chi connectivity index (χ0v) is 15.9. The van der Waals surface area contributed by atoms with Crippen molar-refractivity contribution in [3.8, 4) is 11.5 Å². The quantitative estimate of drug-likeness (QED) is 0.670. The molecule has 0 unspecified atom stereocenters. The van der Waals surface area contributed by atoms with E-state index < -0.39 is 10.0 Å². The monoisotopic (exact) mass is 372 g/mol. The molecule has 0 radical (unpaired) electrons. The Kier molecular flexibility index (Phi) is 6.26. The number of hydrogen-bond donors (Lipinski definition) is 1. The first kappa shape index (κ1) is 19.5. The van der Waals surface area contributed by atoms with Gasteiger partial charge in [0, 0.05) is 13.1 Å². The molecule has 25 heavy (non-hydrogen) atoms. The number of carbonyl (C=O) groups excluding carboxylic acids is 1. The molecule has 1 aliphatic rings. The van der Waals surface area contributed by atoms with E-state index in [4.69, 9.17) is 9.47 Å². The van der Waals surface area contributed by atoms with Crippen molar-refractivity contribution < 1.29 is 27.6 Å². The van der Waals surface area contributed by atoms with Crippen LogP contribution in [-0.2, 0) is 14.8 Å². The summed E-state index contributed by atoms with van der Waals surface area (Å²) < 4.78 is 37.0. The van der Waals surface area contributed by atoms with Gasteiger partial charge in [-0.15, -0.1) is 0 Å². The van der Waals surface area contributed by atoms with Crippen LogP contribution in [0.4, 0.5) is 0 Å². The third kappa shape index (κ3) is 4.42. The van der Waals surface area contributed by atoms with Crippen LogP contribution in [0.2, 0.25) is 0 Å².